The van der Waals surface area contributed by atoms with E-state index in [0.29, 0.717) is 6.10 Å². The van der Waals surface area contributed by atoms with Crippen LogP contribution >= 0.6 is 0 Å². The number of piperazine rings is 1. The highest BCUT2D eigenvalue weighted by Gasteiger charge is 2.33. The number of ether oxygens (including phenoxy) is 1. The minimum absolute atomic E-state index is 0.307. The standard InChI is InChI=1S/C28H33N5O/c1-3-32-10-12-33(13-11-32)19-20-14-23(15-20)34-28-7-5-22(17-30-28)21-4-6-24-25-18-29-9-8-26(25)31(2)27(24)16-21/h4-9,16-18,20,23H,3,10-15,19H2,1-2H3/t20-,23-. The minimum Gasteiger partial charge on any atom is -0.474 e. The van der Waals surface area contributed by atoms with Gasteiger partial charge in [-0.1, -0.05) is 19.1 Å². The molecule has 2 fully saturated rings. The van der Waals surface area contributed by atoms with E-state index in [4.69, 9.17) is 4.74 Å². The number of pyridine rings is 2. The minimum atomic E-state index is 0.307. The van der Waals surface area contributed by atoms with Crippen LogP contribution in [-0.4, -0.2) is 69.7 Å². The van der Waals surface area contributed by atoms with Gasteiger partial charge in [0.2, 0.25) is 5.88 Å². The monoisotopic (exact) mass is 455 g/mol. The third-order valence-electron chi connectivity index (χ3n) is 7.79. The summed E-state index contributed by atoms with van der Waals surface area (Å²) >= 11 is 0. The molecule has 1 aliphatic heterocycles. The molecule has 1 aromatic carbocycles. The molecule has 1 saturated heterocycles. The zero-order valence-electron chi connectivity index (χ0n) is 20.2. The Balaban J connectivity index is 1.07. The summed E-state index contributed by atoms with van der Waals surface area (Å²) in [6, 6.07) is 12.8. The zero-order chi connectivity index (χ0) is 23.1. The fraction of sp³-hybridized carbons (Fsp3) is 0.429. The predicted octanol–water partition coefficient (Wildman–Crippen LogP) is 4.58. The van der Waals surface area contributed by atoms with E-state index < -0.39 is 0 Å². The summed E-state index contributed by atoms with van der Waals surface area (Å²) in [5, 5.41) is 2.42. The second kappa shape index (κ2) is 9.01. The molecule has 0 radical (unpaired) electrons. The van der Waals surface area contributed by atoms with Crippen LogP contribution in [0, 0.1) is 5.92 Å². The van der Waals surface area contributed by atoms with Gasteiger partial charge < -0.3 is 19.1 Å². The summed E-state index contributed by atoms with van der Waals surface area (Å²) in [5.41, 5.74) is 4.68. The maximum Gasteiger partial charge on any atom is 0.213 e. The Kier molecular flexibility index (Phi) is 5.71. The number of aromatic nitrogens is 3. The Bertz CT molecular complexity index is 1280. The van der Waals surface area contributed by atoms with Gasteiger partial charge in [-0.15, -0.1) is 0 Å². The van der Waals surface area contributed by atoms with Crippen molar-refractivity contribution in [3.05, 3.63) is 55.0 Å². The van der Waals surface area contributed by atoms with Crippen LogP contribution in [0.15, 0.2) is 55.0 Å². The molecule has 1 saturated carbocycles. The molecule has 0 spiro atoms. The third kappa shape index (κ3) is 4.05. The molecule has 6 heteroatoms. The van der Waals surface area contributed by atoms with Crippen molar-refractivity contribution in [3.63, 3.8) is 0 Å². The number of rotatable bonds is 6. The summed E-state index contributed by atoms with van der Waals surface area (Å²) in [6.07, 6.45) is 8.32. The largest absolute Gasteiger partial charge is 0.474 e. The van der Waals surface area contributed by atoms with Crippen molar-refractivity contribution in [2.75, 3.05) is 39.3 Å². The van der Waals surface area contributed by atoms with Crippen molar-refractivity contribution >= 4 is 21.8 Å². The third-order valence-corrected chi connectivity index (χ3v) is 7.79. The fourth-order valence-corrected chi connectivity index (χ4v) is 5.60. The topological polar surface area (TPSA) is 46.4 Å². The smallest absolute Gasteiger partial charge is 0.213 e. The molecule has 6 nitrogen and oxygen atoms in total. The van der Waals surface area contributed by atoms with Crippen LogP contribution in [0.4, 0.5) is 0 Å². The van der Waals surface area contributed by atoms with Crippen LogP contribution in [0.3, 0.4) is 0 Å². The van der Waals surface area contributed by atoms with Crippen LogP contribution in [0.5, 0.6) is 5.88 Å². The van der Waals surface area contributed by atoms with Gasteiger partial charge in [0.25, 0.3) is 0 Å². The molecule has 0 amide bonds. The molecular weight excluding hydrogens is 422 g/mol. The molecule has 4 aromatic rings. The average molecular weight is 456 g/mol. The average Bonchev–Trinajstić information content (AvgIpc) is 3.15. The van der Waals surface area contributed by atoms with Crippen molar-refractivity contribution in [1.29, 1.82) is 0 Å². The van der Waals surface area contributed by atoms with Crippen LogP contribution in [0.1, 0.15) is 19.8 Å². The highest BCUT2D eigenvalue weighted by molar-refractivity contribution is 6.08. The highest BCUT2D eigenvalue weighted by atomic mass is 16.5. The summed E-state index contributed by atoms with van der Waals surface area (Å²) in [5.74, 6) is 1.50. The summed E-state index contributed by atoms with van der Waals surface area (Å²) in [4.78, 5) is 14.1. The van der Waals surface area contributed by atoms with Crippen molar-refractivity contribution in [2.24, 2.45) is 13.0 Å². The van der Waals surface area contributed by atoms with Gasteiger partial charge in [0.1, 0.15) is 6.10 Å². The lowest BCUT2D eigenvalue weighted by Gasteiger charge is -2.41. The highest BCUT2D eigenvalue weighted by Crippen LogP contribution is 2.33. The van der Waals surface area contributed by atoms with E-state index in [9.17, 15) is 0 Å². The van der Waals surface area contributed by atoms with Crippen molar-refractivity contribution in [1.82, 2.24) is 24.3 Å². The Hall–Kier alpha value is -2.96. The molecule has 0 atom stereocenters. The Labute approximate surface area is 201 Å². The lowest BCUT2D eigenvalue weighted by atomic mass is 9.82. The molecule has 0 N–H and O–H groups in total. The van der Waals surface area contributed by atoms with Crippen LogP contribution < -0.4 is 4.74 Å². The summed E-state index contributed by atoms with van der Waals surface area (Å²) in [6.45, 7) is 9.49. The molecular formula is C28H33N5O. The first kappa shape index (κ1) is 21.6. The van der Waals surface area contributed by atoms with E-state index in [1.807, 2.05) is 24.7 Å². The Morgan fingerprint density at radius 2 is 1.68 bits per heavy atom. The molecule has 6 rings (SSSR count). The van der Waals surface area contributed by atoms with E-state index in [1.54, 1.807) is 0 Å². The molecule has 1 aliphatic carbocycles. The molecule has 2 aliphatic rings. The van der Waals surface area contributed by atoms with E-state index >= 15 is 0 Å². The number of hydrogen-bond donors (Lipinski definition) is 0. The van der Waals surface area contributed by atoms with Gasteiger partial charge >= 0.3 is 0 Å². The van der Waals surface area contributed by atoms with E-state index in [0.717, 1.165) is 35.8 Å². The first-order valence-electron chi connectivity index (χ1n) is 12.6. The SMILES string of the molecule is CCN1CCN(C[C@H]2C[C@H](Oc3ccc(-c4ccc5c6cnccc6n(C)c5c4)cn3)C2)CC1. The van der Waals surface area contributed by atoms with Gasteiger partial charge in [-0.3, -0.25) is 4.98 Å². The van der Waals surface area contributed by atoms with Gasteiger partial charge in [-0.05, 0) is 49.1 Å². The number of aryl methyl sites for hydroxylation is 1. The number of likely N-dealkylation sites (N-methyl/N-ethyl adjacent to an activating group) is 1. The number of benzene rings is 1. The molecule has 176 valence electrons. The van der Waals surface area contributed by atoms with E-state index in [-0.39, 0.29) is 0 Å². The molecule has 4 heterocycles. The van der Waals surface area contributed by atoms with Gasteiger partial charge in [0.15, 0.2) is 0 Å². The maximum atomic E-state index is 6.18. The molecule has 34 heavy (non-hydrogen) atoms. The van der Waals surface area contributed by atoms with Gasteiger partial charge in [-0.2, -0.15) is 0 Å². The van der Waals surface area contributed by atoms with Crippen molar-refractivity contribution in [2.45, 2.75) is 25.9 Å². The summed E-state index contributed by atoms with van der Waals surface area (Å²) in [7, 11) is 2.11. The van der Waals surface area contributed by atoms with Gasteiger partial charge in [-0.25, -0.2) is 4.98 Å². The molecule has 3 aromatic heterocycles. The lowest BCUT2D eigenvalue weighted by Crippen LogP contribution is -2.49. The van der Waals surface area contributed by atoms with Crippen LogP contribution in [-0.2, 0) is 7.05 Å². The van der Waals surface area contributed by atoms with E-state index in [2.05, 4.69) is 68.6 Å². The Morgan fingerprint density at radius 1 is 0.882 bits per heavy atom. The normalized spacial score (nSPS) is 21.7. The second-order valence-electron chi connectivity index (χ2n) is 9.88. The first-order chi connectivity index (χ1) is 16.7. The fourth-order valence-electron chi connectivity index (χ4n) is 5.60. The molecule has 0 unspecified atom stereocenters. The van der Waals surface area contributed by atoms with Crippen molar-refractivity contribution < 1.29 is 4.74 Å². The quantitative estimate of drug-likeness (QED) is 0.426. The Morgan fingerprint density at radius 3 is 2.44 bits per heavy atom. The number of fused-ring (bicyclic) bond motifs is 3. The maximum absolute atomic E-state index is 6.18. The summed E-state index contributed by atoms with van der Waals surface area (Å²) < 4.78 is 8.41. The lowest BCUT2D eigenvalue weighted by molar-refractivity contribution is 0.0283. The van der Waals surface area contributed by atoms with E-state index in [1.165, 1.54) is 61.1 Å². The van der Waals surface area contributed by atoms with Crippen LogP contribution in [0.2, 0.25) is 0 Å². The van der Waals surface area contributed by atoms with Crippen LogP contribution in [0.25, 0.3) is 32.9 Å². The van der Waals surface area contributed by atoms with Crippen molar-refractivity contribution in [3.8, 4) is 17.0 Å². The number of hydrogen-bond acceptors (Lipinski definition) is 5. The van der Waals surface area contributed by atoms with Gasteiger partial charge in [0.05, 0.1) is 5.52 Å². The molecule has 0 bridgehead atoms. The zero-order valence-corrected chi connectivity index (χ0v) is 20.2. The first-order valence-corrected chi connectivity index (χ1v) is 12.6. The second-order valence-corrected chi connectivity index (χ2v) is 9.88. The number of nitrogens with zero attached hydrogens (tertiary/aromatic N) is 5. The predicted molar refractivity (Wildman–Crippen MR) is 137 cm³/mol. The van der Waals surface area contributed by atoms with Gasteiger partial charge in [0, 0.05) is 86.3 Å².